The van der Waals surface area contributed by atoms with Crippen LogP contribution in [0.1, 0.15) is 19.8 Å². The van der Waals surface area contributed by atoms with E-state index in [9.17, 15) is 8.42 Å². The monoisotopic (exact) mass is 285 g/mol. The third-order valence-electron chi connectivity index (χ3n) is 3.86. The third-order valence-corrected chi connectivity index (χ3v) is 5.83. The summed E-state index contributed by atoms with van der Waals surface area (Å²) in [5.41, 5.74) is 5.19. The fraction of sp³-hybridized carbons (Fsp3) is 0.636. The Bertz CT molecular complexity index is 584. The third kappa shape index (κ3) is 2.37. The van der Waals surface area contributed by atoms with Crippen LogP contribution in [0.4, 0.5) is 0 Å². The first-order valence-corrected chi connectivity index (χ1v) is 7.54. The number of amidine groups is 1. The summed E-state index contributed by atoms with van der Waals surface area (Å²) >= 11 is 0. The molecule has 0 amide bonds. The molecule has 0 aliphatic carbocycles. The van der Waals surface area contributed by atoms with E-state index >= 15 is 0 Å². The molecule has 0 spiro atoms. The number of piperidine rings is 1. The molecule has 3 N–H and O–H groups in total. The molecule has 0 saturated carbocycles. The van der Waals surface area contributed by atoms with E-state index in [1.165, 1.54) is 21.3 Å². The van der Waals surface area contributed by atoms with Crippen molar-refractivity contribution in [2.75, 3.05) is 13.1 Å². The fourth-order valence-electron chi connectivity index (χ4n) is 2.24. The van der Waals surface area contributed by atoms with Crippen LogP contribution in [-0.2, 0) is 17.1 Å². The molecule has 0 radical (unpaired) electrons. The summed E-state index contributed by atoms with van der Waals surface area (Å²) in [5, 5.41) is 11.7. The maximum Gasteiger partial charge on any atom is 0.260 e. The Balaban J connectivity index is 2.19. The highest BCUT2D eigenvalue weighted by molar-refractivity contribution is 7.89. The molecular formula is C11H19N5O2S. The lowest BCUT2D eigenvalue weighted by Gasteiger charge is -2.37. The molecular weight excluding hydrogens is 266 g/mol. The predicted molar refractivity (Wildman–Crippen MR) is 71.2 cm³/mol. The second-order valence-electron chi connectivity index (χ2n) is 5.17. The molecule has 19 heavy (non-hydrogen) atoms. The van der Waals surface area contributed by atoms with Crippen LogP contribution in [0.5, 0.6) is 0 Å². The van der Waals surface area contributed by atoms with Crippen molar-refractivity contribution in [3.8, 4) is 0 Å². The number of sulfonamides is 1. The van der Waals surface area contributed by atoms with Gasteiger partial charge < -0.3 is 5.73 Å². The number of aromatic nitrogens is 2. The van der Waals surface area contributed by atoms with Gasteiger partial charge in [0.05, 0.1) is 12.0 Å². The van der Waals surface area contributed by atoms with E-state index in [1.807, 2.05) is 6.92 Å². The number of hydrogen-bond donors (Lipinski definition) is 2. The summed E-state index contributed by atoms with van der Waals surface area (Å²) in [6, 6.07) is 1.49. The van der Waals surface area contributed by atoms with E-state index in [0.29, 0.717) is 25.9 Å². The SMILES string of the molecule is Cn1nccc1S(=O)(=O)N1CCC(C)(C(=N)N)CC1. The standard InChI is InChI=1S/C11H19N5O2S/c1-11(10(12)13)4-7-16(8-5-11)19(17,18)9-3-6-14-15(9)2/h3,6H,4-5,7-8H2,1-2H3,(H3,12,13). The van der Waals surface area contributed by atoms with Crippen LogP contribution in [-0.4, -0.2) is 41.4 Å². The topological polar surface area (TPSA) is 105 Å². The highest BCUT2D eigenvalue weighted by Gasteiger charge is 2.38. The molecule has 2 rings (SSSR count). The first-order chi connectivity index (χ1) is 8.77. The van der Waals surface area contributed by atoms with Crippen LogP contribution >= 0.6 is 0 Å². The van der Waals surface area contributed by atoms with Crippen molar-refractivity contribution in [2.24, 2.45) is 18.2 Å². The molecule has 0 bridgehead atoms. The van der Waals surface area contributed by atoms with Crippen molar-refractivity contribution in [2.45, 2.75) is 24.8 Å². The van der Waals surface area contributed by atoms with Crippen molar-refractivity contribution in [1.29, 1.82) is 5.41 Å². The van der Waals surface area contributed by atoms with Gasteiger partial charge in [-0.25, -0.2) is 8.42 Å². The van der Waals surface area contributed by atoms with Crippen LogP contribution in [0.2, 0.25) is 0 Å². The highest BCUT2D eigenvalue weighted by atomic mass is 32.2. The summed E-state index contributed by atoms with van der Waals surface area (Å²) < 4.78 is 27.7. The van der Waals surface area contributed by atoms with Crippen LogP contribution in [0.3, 0.4) is 0 Å². The van der Waals surface area contributed by atoms with E-state index in [2.05, 4.69) is 5.10 Å². The normalized spacial score (nSPS) is 20.3. The molecule has 0 atom stereocenters. The zero-order chi connectivity index (χ0) is 14.3. The lowest BCUT2D eigenvalue weighted by molar-refractivity contribution is 0.239. The Morgan fingerprint density at radius 1 is 1.47 bits per heavy atom. The van der Waals surface area contributed by atoms with Crippen molar-refractivity contribution in [3.05, 3.63) is 12.3 Å². The molecule has 7 nitrogen and oxygen atoms in total. The number of nitrogens with one attached hydrogen (secondary N) is 1. The summed E-state index contributed by atoms with van der Waals surface area (Å²) in [4.78, 5) is 0. The molecule has 1 aromatic heterocycles. The molecule has 1 fully saturated rings. The molecule has 1 aliphatic heterocycles. The minimum absolute atomic E-state index is 0.130. The van der Waals surface area contributed by atoms with Crippen molar-refractivity contribution in [1.82, 2.24) is 14.1 Å². The summed E-state index contributed by atoms with van der Waals surface area (Å²) in [6.45, 7) is 2.66. The number of nitrogens with zero attached hydrogens (tertiary/aromatic N) is 3. The maximum atomic E-state index is 12.4. The van der Waals surface area contributed by atoms with E-state index in [4.69, 9.17) is 11.1 Å². The molecule has 0 unspecified atom stereocenters. The summed E-state index contributed by atoms with van der Waals surface area (Å²) in [6.07, 6.45) is 2.61. The molecule has 8 heteroatoms. The lowest BCUT2D eigenvalue weighted by Crippen LogP contribution is -2.47. The van der Waals surface area contributed by atoms with E-state index < -0.39 is 15.4 Å². The molecule has 106 valence electrons. The van der Waals surface area contributed by atoms with Crippen LogP contribution in [0, 0.1) is 10.8 Å². The Kier molecular flexibility index (Phi) is 3.40. The largest absolute Gasteiger partial charge is 0.387 e. The van der Waals surface area contributed by atoms with Crippen molar-refractivity contribution < 1.29 is 8.42 Å². The average molecular weight is 285 g/mol. The first kappa shape index (κ1) is 14.0. The molecule has 1 aromatic rings. The number of nitrogens with two attached hydrogens (primary N) is 1. The Morgan fingerprint density at radius 2 is 2.05 bits per heavy atom. The quantitative estimate of drug-likeness (QED) is 0.609. The Labute approximate surface area is 112 Å². The van der Waals surface area contributed by atoms with Gasteiger partial charge in [-0.05, 0) is 18.9 Å². The number of aryl methyl sites for hydroxylation is 1. The molecule has 1 saturated heterocycles. The van der Waals surface area contributed by atoms with Gasteiger partial charge in [0.1, 0.15) is 0 Å². The smallest absolute Gasteiger partial charge is 0.260 e. The second kappa shape index (κ2) is 4.61. The predicted octanol–water partition coefficient (Wildman–Crippen LogP) is 0.147. The van der Waals surface area contributed by atoms with Crippen molar-refractivity contribution >= 4 is 15.9 Å². The van der Waals surface area contributed by atoms with Crippen LogP contribution in [0.15, 0.2) is 17.3 Å². The lowest BCUT2D eigenvalue weighted by atomic mass is 9.80. The zero-order valence-corrected chi connectivity index (χ0v) is 11.9. The van der Waals surface area contributed by atoms with Gasteiger partial charge in [-0.15, -0.1) is 0 Å². The molecule has 2 heterocycles. The average Bonchev–Trinajstić information content (AvgIpc) is 2.76. The number of hydrogen-bond acceptors (Lipinski definition) is 4. The van der Waals surface area contributed by atoms with Gasteiger partial charge in [-0.2, -0.15) is 9.40 Å². The molecule has 0 aromatic carbocycles. The van der Waals surface area contributed by atoms with E-state index in [1.54, 1.807) is 7.05 Å². The first-order valence-electron chi connectivity index (χ1n) is 6.10. The van der Waals surface area contributed by atoms with Gasteiger partial charge in [-0.1, -0.05) is 6.92 Å². The fourth-order valence-corrected chi connectivity index (χ4v) is 3.78. The molecule has 1 aliphatic rings. The highest BCUT2D eigenvalue weighted by Crippen LogP contribution is 2.32. The van der Waals surface area contributed by atoms with Crippen LogP contribution < -0.4 is 5.73 Å². The zero-order valence-electron chi connectivity index (χ0n) is 11.1. The Morgan fingerprint density at radius 3 is 2.47 bits per heavy atom. The minimum Gasteiger partial charge on any atom is -0.387 e. The maximum absolute atomic E-state index is 12.4. The summed E-state index contributed by atoms with van der Waals surface area (Å²) in [7, 11) is -1.90. The van der Waals surface area contributed by atoms with Gasteiger partial charge in [0.2, 0.25) is 0 Å². The summed E-state index contributed by atoms with van der Waals surface area (Å²) in [5.74, 6) is 0.130. The van der Waals surface area contributed by atoms with Crippen molar-refractivity contribution in [3.63, 3.8) is 0 Å². The second-order valence-corrected chi connectivity index (χ2v) is 7.06. The Hall–Kier alpha value is -1.41. The van der Waals surface area contributed by atoms with Gasteiger partial charge in [0.25, 0.3) is 10.0 Å². The number of rotatable bonds is 3. The van der Waals surface area contributed by atoms with Gasteiger partial charge in [0.15, 0.2) is 5.03 Å². The minimum atomic E-state index is -3.50. The van der Waals surface area contributed by atoms with E-state index in [-0.39, 0.29) is 10.9 Å². The van der Waals surface area contributed by atoms with E-state index in [0.717, 1.165) is 0 Å². The van der Waals surface area contributed by atoms with Gasteiger partial charge in [-0.3, -0.25) is 10.1 Å². The van der Waals surface area contributed by atoms with Crippen LogP contribution in [0.25, 0.3) is 0 Å². The van der Waals surface area contributed by atoms with Gasteiger partial charge in [0, 0.05) is 25.6 Å². The van der Waals surface area contributed by atoms with Gasteiger partial charge >= 0.3 is 0 Å².